The average molecular weight is 420 g/mol. The van der Waals surface area contributed by atoms with Gasteiger partial charge in [0.15, 0.2) is 5.65 Å². The Morgan fingerprint density at radius 1 is 1.07 bits per heavy atom. The standard InChI is InChI=1S/C23H20N2O4S/c1-3-29-23(26)18-6-4-5-17(15-18)20-11-13-24-22-21(20)12-14-25(22)30(27,28)19-9-7-16(2)8-10-19/h4-15H,3H2,1-2H3. The Balaban J connectivity index is 1.83. The molecule has 0 saturated carbocycles. The van der Waals surface area contributed by atoms with E-state index in [1.165, 1.54) is 10.2 Å². The summed E-state index contributed by atoms with van der Waals surface area (Å²) in [5.41, 5.74) is 3.30. The molecule has 2 aromatic heterocycles. The number of pyridine rings is 1. The number of fused-ring (bicyclic) bond motifs is 1. The lowest BCUT2D eigenvalue weighted by Crippen LogP contribution is -2.12. The van der Waals surface area contributed by atoms with Crippen molar-refractivity contribution in [2.45, 2.75) is 18.7 Å². The van der Waals surface area contributed by atoms with E-state index in [9.17, 15) is 13.2 Å². The van der Waals surface area contributed by atoms with Crippen molar-refractivity contribution in [1.29, 1.82) is 0 Å². The van der Waals surface area contributed by atoms with Gasteiger partial charge in [-0.3, -0.25) is 0 Å². The van der Waals surface area contributed by atoms with Crippen LogP contribution in [-0.4, -0.2) is 30.0 Å². The first-order valence-electron chi connectivity index (χ1n) is 9.47. The molecule has 0 unspecified atom stereocenters. The van der Waals surface area contributed by atoms with E-state index >= 15 is 0 Å². The number of esters is 1. The first-order chi connectivity index (χ1) is 14.4. The third kappa shape index (κ3) is 3.48. The molecule has 0 aliphatic heterocycles. The summed E-state index contributed by atoms with van der Waals surface area (Å²) in [5, 5.41) is 0.675. The molecule has 4 rings (SSSR count). The van der Waals surface area contributed by atoms with Crippen molar-refractivity contribution in [2.75, 3.05) is 6.61 Å². The van der Waals surface area contributed by atoms with Gasteiger partial charge in [0.2, 0.25) is 0 Å². The van der Waals surface area contributed by atoms with Crippen LogP contribution in [0, 0.1) is 6.92 Å². The van der Waals surface area contributed by atoms with Gasteiger partial charge in [0, 0.05) is 17.8 Å². The molecular formula is C23H20N2O4S. The summed E-state index contributed by atoms with van der Waals surface area (Å²) >= 11 is 0. The van der Waals surface area contributed by atoms with Crippen molar-refractivity contribution in [3.05, 3.63) is 84.2 Å². The lowest BCUT2D eigenvalue weighted by atomic mass is 10.0. The van der Waals surface area contributed by atoms with E-state index in [0.29, 0.717) is 23.2 Å². The van der Waals surface area contributed by atoms with Gasteiger partial charge in [0.25, 0.3) is 10.0 Å². The number of aryl methyl sites for hydroxylation is 1. The SMILES string of the molecule is CCOC(=O)c1cccc(-c2ccnc3c2ccn3S(=O)(=O)c2ccc(C)cc2)c1. The summed E-state index contributed by atoms with van der Waals surface area (Å²) in [4.78, 5) is 16.6. The minimum Gasteiger partial charge on any atom is -0.462 e. The summed E-state index contributed by atoms with van der Waals surface area (Å²) in [5.74, 6) is -0.399. The van der Waals surface area contributed by atoms with Crippen LogP contribution in [0.15, 0.2) is 78.0 Å². The third-order valence-corrected chi connectivity index (χ3v) is 6.50. The first kappa shape index (κ1) is 19.8. The predicted octanol–water partition coefficient (Wildman–Crippen LogP) is 4.43. The molecule has 0 bridgehead atoms. The topological polar surface area (TPSA) is 78.3 Å². The molecule has 0 radical (unpaired) electrons. The molecule has 0 saturated heterocycles. The summed E-state index contributed by atoms with van der Waals surface area (Å²) < 4.78 is 32.6. The molecular weight excluding hydrogens is 400 g/mol. The van der Waals surface area contributed by atoms with E-state index in [-0.39, 0.29) is 4.90 Å². The van der Waals surface area contributed by atoms with Crippen molar-refractivity contribution in [3.63, 3.8) is 0 Å². The Hall–Kier alpha value is -3.45. The highest BCUT2D eigenvalue weighted by molar-refractivity contribution is 7.90. The van der Waals surface area contributed by atoms with Crippen LogP contribution in [0.1, 0.15) is 22.8 Å². The Morgan fingerprint density at radius 3 is 2.57 bits per heavy atom. The predicted molar refractivity (Wildman–Crippen MR) is 115 cm³/mol. The maximum atomic E-state index is 13.1. The second kappa shape index (κ2) is 7.76. The number of carbonyl (C=O) groups is 1. The maximum absolute atomic E-state index is 13.1. The highest BCUT2D eigenvalue weighted by Gasteiger charge is 2.21. The van der Waals surface area contributed by atoms with Crippen LogP contribution < -0.4 is 0 Å². The van der Waals surface area contributed by atoms with E-state index in [1.54, 1.807) is 67.7 Å². The van der Waals surface area contributed by atoms with Gasteiger partial charge < -0.3 is 4.74 Å². The fourth-order valence-electron chi connectivity index (χ4n) is 3.31. The summed E-state index contributed by atoms with van der Waals surface area (Å²) in [6, 6.07) is 17.3. The number of carbonyl (C=O) groups excluding carboxylic acids is 1. The van der Waals surface area contributed by atoms with Crippen LogP contribution >= 0.6 is 0 Å². The number of rotatable bonds is 5. The molecule has 0 amide bonds. The molecule has 0 atom stereocenters. The molecule has 7 heteroatoms. The quantitative estimate of drug-likeness (QED) is 0.447. The van der Waals surface area contributed by atoms with E-state index < -0.39 is 16.0 Å². The maximum Gasteiger partial charge on any atom is 0.338 e. The van der Waals surface area contributed by atoms with Crippen LogP contribution in [0.5, 0.6) is 0 Å². The Kier molecular flexibility index (Phi) is 5.13. The van der Waals surface area contributed by atoms with E-state index in [1.807, 2.05) is 13.0 Å². The van der Waals surface area contributed by atoms with Crippen molar-refractivity contribution < 1.29 is 17.9 Å². The van der Waals surface area contributed by atoms with Crippen LogP contribution in [-0.2, 0) is 14.8 Å². The Morgan fingerprint density at radius 2 is 1.83 bits per heavy atom. The summed E-state index contributed by atoms with van der Waals surface area (Å²) in [6.07, 6.45) is 3.07. The van der Waals surface area contributed by atoms with E-state index in [0.717, 1.165) is 16.7 Å². The number of aromatic nitrogens is 2. The Bertz CT molecular complexity index is 1340. The zero-order chi connectivity index (χ0) is 21.3. The second-order valence-electron chi connectivity index (χ2n) is 6.83. The number of hydrogen-bond acceptors (Lipinski definition) is 5. The zero-order valence-corrected chi connectivity index (χ0v) is 17.4. The highest BCUT2D eigenvalue weighted by Crippen LogP contribution is 2.30. The van der Waals surface area contributed by atoms with Crippen LogP contribution in [0.4, 0.5) is 0 Å². The Labute approximate surface area is 174 Å². The zero-order valence-electron chi connectivity index (χ0n) is 16.6. The molecule has 0 aliphatic rings. The average Bonchev–Trinajstić information content (AvgIpc) is 3.19. The first-order valence-corrected chi connectivity index (χ1v) is 10.9. The highest BCUT2D eigenvalue weighted by atomic mass is 32.2. The fraction of sp³-hybridized carbons (Fsp3) is 0.130. The molecule has 0 N–H and O–H groups in total. The number of ether oxygens (including phenoxy) is 1. The summed E-state index contributed by atoms with van der Waals surface area (Å²) in [6.45, 7) is 3.95. The van der Waals surface area contributed by atoms with Gasteiger partial charge in [0.1, 0.15) is 0 Å². The largest absolute Gasteiger partial charge is 0.462 e. The van der Waals surface area contributed by atoms with Crippen molar-refractivity contribution >= 4 is 27.0 Å². The van der Waals surface area contributed by atoms with Gasteiger partial charge >= 0.3 is 5.97 Å². The molecule has 0 aliphatic carbocycles. The number of benzene rings is 2. The normalized spacial score (nSPS) is 11.5. The van der Waals surface area contributed by atoms with Gasteiger partial charge in [-0.2, -0.15) is 0 Å². The lowest BCUT2D eigenvalue weighted by Gasteiger charge is -2.09. The number of nitrogens with zero attached hydrogens (tertiary/aromatic N) is 2. The van der Waals surface area contributed by atoms with Gasteiger partial charge in [0.05, 0.1) is 17.1 Å². The van der Waals surface area contributed by atoms with Gasteiger partial charge in [-0.15, -0.1) is 0 Å². The van der Waals surface area contributed by atoms with E-state index in [4.69, 9.17) is 4.74 Å². The minimum atomic E-state index is -3.79. The fourth-order valence-corrected chi connectivity index (χ4v) is 4.61. The summed E-state index contributed by atoms with van der Waals surface area (Å²) in [7, 11) is -3.79. The van der Waals surface area contributed by atoms with Crippen molar-refractivity contribution in [1.82, 2.24) is 8.96 Å². The molecule has 0 spiro atoms. The van der Waals surface area contributed by atoms with E-state index in [2.05, 4.69) is 4.98 Å². The minimum absolute atomic E-state index is 0.196. The molecule has 2 heterocycles. The van der Waals surface area contributed by atoms with Gasteiger partial charge in [-0.05, 0) is 61.4 Å². The van der Waals surface area contributed by atoms with Crippen LogP contribution in [0.3, 0.4) is 0 Å². The molecule has 30 heavy (non-hydrogen) atoms. The third-order valence-electron chi connectivity index (χ3n) is 4.82. The van der Waals surface area contributed by atoms with Crippen molar-refractivity contribution in [2.24, 2.45) is 0 Å². The van der Waals surface area contributed by atoms with Gasteiger partial charge in [-0.25, -0.2) is 22.2 Å². The lowest BCUT2D eigenvalue weighted by molar-refractivity contribution is 0.0526. The molecule has 0 fully saturated rings. The monoisotopic (exact) mass is 420 g/mol. The van der Waals surface area contributed by atoms with Crippen molar-refractivity contribution in [3.8, 4) is 11.1 Å². The van der Waals surface area contributed by atoms with Crippen LogP contribution in [0.25, 0.3) is 22.2 Å². The smallest absolute Gasteiger partial charge is 0.338 e. The van der Waals surface area contributed by atoms with Crippen LogP contribution in [0.2, 0.25) is 0 Å². The number of hydrogen-bond donors (Lipinski definition) is 0. The van der Waals surface area contributed by atoms with Gasteiger partial charge in [-0.1, -0.05) is 29.8 Å². The molecule has 4 aromatic rings. The second-order valence-corrected chi connectivity index (χ2v) is 8.64. The molecule has 2 aromatic carbocycles. The molecule has 6 nitrogen and oxygen atoms in total. The molecule has 152 valence electrons.